The van der Waals surface area contributed by atoms with E-state index in [1.165, 1.54) is 36.1 Å². The van der Waals surface area contributed by atoms with Gasteiger partial charge in [-0.05, 0) is 83.4 Å². The first kappa shape index (κ1) is 23.5. The van der Waals surface area contributed by atoms with Gasteiger partial charge < -0.3 is 9.47 Å². The molecule has 1 aromatic carbocycles. The molecule has 4 rings (SSSR count). The van der Waals surface area contributed by atoms with E-state index in [9.17, 15) is 4.79 Å². The van der Waals surface area contributed by atoms with Crippen LogP contribution in [0.2, 0.25) is 0 Å². The average Bonchev–Trinajstić information content (AvgIpc) is 3.44. The second kappa shape index (κ2) is 10.5. The van der Waals surface area contributed by atoms with E-state index in [2.05, 4.69) is 46.1 Å². The van der Waals surface area contributed by atoms with Gasteiger partial charge in [0.25, 0.3) is 5.56 Å². The van der Waals surface area contributed by atoms with Crippen molar-refractivity contribution in [2.45, 2.75) is 57.9 Å². The van der Waals surface area contributed by atoms with Crippen molar-refractivity contribution in [2.75, 3.05) is 19.6 Å². The lowest BCUT2D eigenvalue weighted by Crippen LogP contribution is -2.21. The van der Waals surface area contributed by atoms with Crippen molar-refractivity contribution in [1.82, 2.24) is 24.0 Å². The molecule has 3 aromatic rings. The molecule has 1 fully saturated rings. The lowest BCUT2D eigenvalue weighted by molar-refractivity contribution is 0.325. The minimum Gasteiger partial charge on any atom is -0.328 e. The van der Waals surface area contributed by atoms with Gasteiger partial charge in [0.15, 0.2) is 0 Å². The highest BCUT2D eigenvalue weighted by Crippen LogP contribution is 2.21. The molecule has 1 aliphatic rings. The van der Waals surface area contributed by atoms with Gasteiger partial charge in [-0.15, -0.1) is 12.6 Å². The van der Waals surface area contributed by atoms with Crippen LogP contribution >= 0.6 is 12.6 Å². The number of nitrogens with zero attached hydrogens (tertiary/aromatic N) is 5. The SMILES string of the molecule is C/C=C(/C=C/c1ncn(-c2ccc3c(c2)nc(C)n3CCCN2CCCC2)c(=O)c1S)CC. The predicted molar refractivity (Wildman–Crippen MR) is 138 cm³/mol. The van der Waals surface area contributed by atoms with Crippen LogP contribution in [0, 0.1) is 6.92 Å². The number of allylic oxidation sites excluding steroid dienone is 3. The number of fused-ring (bicyclic) bond motifs is 1. The minimum absolute atomic E-state index is 0.187. The number of aryl methyl sites for hydroxylation is 2. The highest BCUT2D eigenvalue weighted by atomic mass is 32.1. The molecule has 0 N–H and O–H groups in total. The fourth-order valence-corrected chi connectivity index (χ4v) is 4.74. The van der Waals surface area contributed by atoms with E-state index >= 15 is 0 Å². The maximum Gasteiger partial charge on any atom is 0.271 e. The Balaban J connectivity index is 1.57. The molecule has 1 saturated heterocycles. The lowest BCUT2D eigenvalue weighted by atomic mass is 10.1. The topological polar surface area (TPSA) is 56.0 Å². The number of hydrogen-bond acceptors (Lipinski definition) is 5. The molecule has 0 saturated carbocycles. The highest BCUT2D eigenvalue weighted by molar-refractivity contribution is 7.80. The van der Waals surface area contributed by atoms with E-state index < -0.39 is 0 Å². The van der Waals surface area contributed by atoms with Crippen LogP contribution in [0.25, 0.3) is 22.8 Å². The molecule has 0 bridgehead atoms. The van der Waals surface area contributed by atoms with E-state index in [4.69, 9.17) is 4.98 Å². The van der Waals surface area contributed by atoms with Crippen LogP contribution in [0.4, 0.5) is 0 Å². The van der Waals surface area contributed by atoms with Gasteiger partial charge in [-0.1, -0.05) is 24.6 Å². The summed E-state index contributed by atoms with van der Waals surface area (Å²) in [5.74, 6) is 1.00. The normalized spacial score (nSPS) is 15.3. The molecule has 0 aliphatic carbocycles. The van der Waals surface area contributed by atoms with E-state index in [0.717, 1.165) is 48.5 Å². The Bertz CT molecular complexity index is 1250. The molecule has 0 atom stereocenters. The van der Waals surface area contributed by atoms with Gasteiger partial charge in [0, 0.05) is 6.54 Å². The second-order valence-corrected chi connectivity index (χ2v) is 9.04. The Kier molecular flexibility index (Phi) is 7.50. The molecule has 3 heterocycles. The van der Waals surface area contributed by atoms with E-state index in [1.807, 2.05) is 38.1 Å². The maximum atomic E-state index is 13.0. The zero-order chi connectivity index (χ0) is 23.4. The molecule has 2 aromatic heterocycles. The van der Waals surface area contributed by atoms with E-state index in [1.54, 1.807) is 6.33 Å². The molecular weight excluding hydrogens is 430 g/mol. The number of imidazole rings is 1. The predicted octanol–water partition coefficient (Wildman–Crippen LogP) is 5.03. The van der Waals surface area contributed by atoms with Crippen molar-refractivity contribution in [3.63, 3.8) is 0 Å². The van der Waals surface area contributed by atoms with Crippen molar-refractivity contribution in [2.24, 2.45) is 0 Å². The van der Waals surface area contributed by atoms with Gasteiger partial charge in [0.2, 0.25) is 0 Å². The number of thiol groups is 1. The largest absolute Gasteiger partial charge is 0.328 e. The van der Waals surface area contributed by atoms with Gasteiger partial charge in [-0.25, -0.2) is 9.97 Å². The lowest BCUT2D eigenvalue weighted by Gasteiger charge is -2.15. The molecular formula is C26H33N5OS. The minimum atomic E-state index is -0.187. The summed E-state index contributed by atoms with van der Waals surface area (Å²) in [7, 11) is 0. The Morgan fingerprint density at radius 2 is 2.00 bits per heavy atom. The number of hydrogen-bond donors (Lipinski definition) is 1. The standard InChI is InChI=1S/C26H33N5OS/c1-4-20(5-2)9-11-22-25(33)26(32)31(18-27-22)21-10-12-24-23(17-21)28-19(3)30(24)16-8-15-29-13-6-7-14-29/h4,9-12,17-18,33H,5-8,13-16H2,1-3H3/b11-9+,20-4+. The van der Waals surface area contributed by atoms with Gasteiger partial charge in [0.05, 0.1) is 27.3 Å². The first-order valence-electron chi connectivity index (χ1n) is 11.8. The third kappa shape index (κ3) is 5.14. The quantitative estimate of drug-likeness (QED) is 0.376. The van der Waals surface area contributed by atoms with Gasteiger partial charge in [-0.3, -0.25) is 9.36 Å². The Hall–Kier alpha value is -2.64. The van der Waals surface area contributed by atoms with Crippen molar-refractivity contribution < 1.29 is 0 Å². The molecule has 0 spiro atoms. The van der Waals surface area contributed by atoms with E-state index in [0.29, 0.717) is 10.6 Å². The van der Waals surface area contributed by atoms with Gasteiger partial charge >= 0.3 is 0 Å². The summed E-state index contributed by atoms with van der Waals surface area (Å²) in [6, 6.07) is 5.97. The first-order valence-corrected chi connectivity index (χ1v) is 12.3. The molecule has 33 heavy (non-hydrogen) atoms. The molecule has 0 radical (unpaired) electrons. The van der Waals surface area contributed by atoms with Crippen molar-refractivity contribution >= 4 is 29.7 Å². The fourth-order valence-electron chi connectivity index (χ4n) is 4.50. The van der Waals surface area contributed by atoms with Crippen LogP contribution in [0.5, 0.6) is 0 Å². The summed E-state index contributed by atoms with van der Waals surface area (Å²) in [6.45, 7) is 10.7. The molecule has 0 unspecified atom stereocenters. The first-order chi connectivity index (χ1) is 16.0. The molecule has 7 heteroatoms. The summed E-state index contributed by atoms with van der Waals surface area (Å²) in [4.78, 5) is 25.1. The van der Waals surface area contributed by atoms with Crippen LogP contribution in [-0.2, 0) is 6.54 Å². The number of likely N-dealkylation sites (tertiary alicyclic amines) is 1. The average molecular weight is 464 g/mol. The second-order valence-electron chi connectivity index (χ2n) is 8.59. The highest BCUT2D eigenvalue weighted by Gasteiger charge is 2.14. The summed E-state index contributed by atoms with van der Waals surface area (Å²) >= 11 is 4.47. The summed E-state index contributed by atoms with van der Waals surface area (Å²) in [5, 5.41) is 0. The van der Waals surface area contributed by atoms with E-state index in [-0.39, 0.29) is 5.56 Å². The molecule has 174 valence electrons. The van der Waals surface area contributed by atoms with Crippen molar-refractivity contribution in [3.05, 3.63) is 64.1 Å². The Morgan fingerprint density at radius 1 is 1.21 bits per heavy atom. The molecule has 6 nitrogen and oxygen atoms in total. The third-order valence-electron chi connectivity index (χ3n) is 6.47. The summed E-state index contributed by atoms with van der Waals surface area (Å²) in [6.07, 6.45) is 12.2. The number of benzene rings is 1. The van der Waals surface area contributed by atoms with Crippen molar-refractivity contribution in [3.8, 4) is 5.69 Å². The summed E-state index contributed by atoms with van der Waals surface area (Å²) in [5.41, 5.74) is 4.31. The Morgan fingerprint density at radius 3 is 2.73 bits per heavy atom. The summed E-state index contributed by atoms with van der Waals surface area (Å²) < 4.78 is 3.82. The van der Waals surface area contributed by atoms with Crippen LogP contribution in [0.1, 0.15) is 51.0 Å². The van der Waals surface area contributed by atoms with Gasteiger partial charge in [0.1, 0.15) is 12.2 Å². The molecule has 1 aliphatic heterocycles. The van der Waals surface area contributed by atoms with Crippen LogP contribution in [0.15, 0.2) is 51.9 Å². The Labute approximate surface area is 201 Å². The zero-order valence-corrected chi connectivity index (χ0v) is 20.7. The third-order valence-corrected chi connectivity index (χ3v) is 6.89. The maximum absolute atomic E-state index is 13.0. The number of aromatic nitrogens is 4. The zero-order valence-electron chi connectivity index (χ0n) is 19.8. The van der Waals surface area contributed by atoms with Crippen LogP contribution in [0.3, 0.4) is 0 Å². The van der Waals surface area contributed by atoms with Crippen LogP contribution in [-0.4, -0.2) is 43.6 Å². The fraction of sp³-hybridized carbons (Fsp3) is 0.423. The smallest absolute Gasteiger partial charge is 0.271 e. The molecule has 0 amide bonds. The monoisotopic (exact) mass is 463 g/mol. The van der Waals surface area contributed by atoms with Crippen molar-refractivity contribution in [1.29, 1.82) is 0 Å². The van der Waals surface area contributed by atoms with Crippen LogP contribution < -0.4 is 5.56 Å². The number of rotatable bonds is 8. The van der Waals surface area contributed by atoms with Gasteiger partial charge in [-0.2, -0.15) is 0 Å².